The van der Waals surface area contributed by atoms with Gasteiger partial charge < -0.3 is 24.1 Å². The van der Waals surface area contributed by atoms with E-state index in [1.165, 1.54) is 29.4 Å². The molecule has 0 saturated carbocycles. The molecule has 2 aromatic carbocycles. The maximum absolute atomic E-state index is 13.1. The first-order valence-corrected chi connectivity index (χ1v) is 11.1. The Hall–Kier alpha value is -4.86. The van der Waals surface area contributed by atoms with Crippen LogP contribution in [0.5, 0.6) is 5.75 Å². The minimum absolute atomic E-state index is 0.0579. The smallest absolute Gasteiger partial charge is 0.295 e. The predicted molar refractivity (Wildman–Crippen MR) is 129 cm³/mol. The van der Waals surface area contributed by atoms with E-state index in [-0.39, 0.29) is 23.4 Å². The van der Waals surface area contributed by atoms with Crippen LogP contribution in [0.25, 0.3) is 16.7 Å². The molecule has 1 atom stereocenters. The predicted octanol–water partition coefficient (Wildman–Crippen LogP) is 4.34. The van der Waals surface area contributed by atoms with E-state index in [0.717, 1.165) is 22.5 Å². The number of aromatic nitrogens is 1. The molecule has 1 fully saturated rings. The van der Waals surface area contributed by atoms with E-state index in [4.69, 9.17) is 9.15 Å². The molecule has 1 amide bonds. The van der Waals surface area contributed by atoms with E-state index in [1.54, 1.807) is 19.2 Å². The highest BCUT2D eigenvalue weighted by Gasteiger charge is 2.47. The number of carbonyl (C=O) groups excluding carboxylic acids is 2. The zero-order valence-electron chi connectivity index (χ0n) is 19.1. The number of aliphatic hydroxyl groups is 1. The van der Waals surface area contributed by atoms with Gasteiger partial charge in [0.05, 0.1) is 23.9 Å². The molecule has 36 heavy (non-hydrogen) atoms. The minimum Gasteiger partial charge on any atom is -0.507 e. The Morgan fingerprint density at radius 2 is 2.03 bits per heavy atom. The Bertz CT molecular complexity index is 1520. The molecule has 5 rings (SSSR count). The Morgan fingerprint density at radius 1 is 1.19 bits per heavy atom. The average molecular weight is 487 g/mol. The summed E-state index contributed by atoms with van der Waals surface area (Å²) in [5.41, 5.74) is 1.44. The summed E-state index contributed by atoms with van der Waals surface area (Å²) in [6, 6.07) is 13.1. The van der Waals surface area contributed by atoms with E-state index < -0.39 is 28.4 Å². The number of ketones is 1. The van der Waals surface area contributed by atoms with E-state index in [0.29, 0.717) is 17.9 Å². The van der Waals surface area contributed by atoms with Crippen molar-refractivity contribution >= 4 is 34.0 Å². The fraction of sp³-hybridized carbons (Fsp3) is 0.154. The van der Waals surface area contributed by atoms with Crippen LogP contribution in [0, 0.1) is 10.1 Å². The molecule has 10 nitrogen and oxygen atoms in total. The summed E-state index contributed by atoms with van der Waals surface area (Å²) < 4.78 is 10.9. The Balaban J connectivity index is 1.53. The number of aromatic amines is 1. The molecule has 1 unspecified atom stereocenters. The molecule has 0 aliphatic carbocycles. The van der Waals surface area contributed by atoms with Crippen molar-refractivity contribution in [2.75, 3.05) is 13.7 Å². The van der Waals surface area contributed by atoms with Gasteiger partial charge in [-0.15, -0.1) is 0 Å². The number of nitro groups is 1. The van der Waals surface area contributed by atoms with Crippen molar-refractivity contribution in [2.24, 2.45) is 0 Å². The Kier molecular flexibility index (Phi) is 5.77. The van der Waals surface area contributed by atoms with Crippen molar-refractivity contribution in [3.63, 3.8) is 0 Å². The number of fused-ring (bicyclic) bond motifs is 1. The second kappa shape index (κ2) is 9.06. The maximum Gasteiger partial charge on any atom is 0.295 e. The summed E-state index contributed by atoms with van der Waals surface area (Å²) >= 11 is 0. The van der Waals surface area contributed by atoms with Gasteiger partial charge in [0.15, 0.2) is 0 Å². The molecular formula is C26H21N3O7. The number of benzene rings is 2. The summed E-state index contributed by atoms with van der Waals surface area (Å²) in [6.07, 6.45) is 3.66. The van der Waals surface area contributed by atoms with Gasteiger partial charge in [-0.3, -0.25) is 19.7 Å². The lowest BCUT2D eigenvalue weighted by molar-refractivity contribution is -0.384. The van der Waals surface area contributed by atoms with Crippen LogP contribution in [-0.4, -0.2) is 45.3 Å². The van der Waals surface area contributed by atoms with Crippen molar-refractivity contribution < 1.29 is 28.8 Å². The maximum atomic E-state index is 13.1. The number of likely N-dealkylation sites (tertiary alicyclic amines) is 1. The Morgan fingerprint density at radius 3 is 2.75 bits per heavy atom. The third-order valence-corrected chi connectivity index (χ3v) is 6.28. The third-order valence-electron chi connectivity index (χ3n) is 6.28. The number of furan rings is 1. The second-order valence-corrected chi connectivity index (χ2v) is 8.29. The van der Waals surface area contributed by atoms with Gasteiger partial charge in [-0.25, -0.2) is 0 Å². The zero-order chi connectivity index (χ0) is 25.4. The molecule has 0 radical (unpaired) electrons. The number of ether oxygens (including phenoxy) is 1. The molecule has 0 bridgehead atoms. The number of hydrogen-bond donors (Lipinski definition) is 2. The Labute approximate surface area is 204 Å². The number of Topliss-reactive ketones (excluding diaryl/α,β-unsaturated/α-hetero) is 1. The summed E-state index contributed by atoms with van der Waals surface area (Å²) in [6.45, 7) is 0.159. The number of nitrogens with zero attached hydrogens (tertiary/aromatic N) is 2. The van der Waals surface area contributed by atoms with E-state index in [1.807, 2.05) is 24.4 Å². The highest BCUT2D eigenvalue weighted by molar-refractivity contribution is 6.46. The van der Waals surface area contributed by atoms with Gasteiger partial charge in [-0.05, 0) is 42.3 Å². The number of non-ortho nitro benzene ring substituents is 1. The number of rotatable bonds is 7. The quantitative estimate of drug-likeness (QED) is 0.130. The zero-order valence-corrected chi connectivity index (χ0v) is 19.1. The highest BCUT2D eigenvalue weighted by atomic mass is 16.6. The van der Waals surface area contributed by atoms with E-state index in [2.05, 4.69) is 4.98 Å². The number of nitro benzene ring substituents is 1. The molecule has 0 spiro atoms. The lowest BCUT2D eigenvalue weighted by Gasteiger charge is -2.23. The molecule has 1 aliphatic rings. The fourth-order valence-corrected chi connectivity index (χ4v) is 4.51. The molecule has 10 heteroatoms. The number of amides is 1. The van der Waals surface area contributed by atoms with Crippen LogP contribution in [0.3, 0.4) is 0 Å². The lowest BCUT2D eigenvalue weighted by atomic mass is 9.99. The summed E-state index contributed by atoms with van der Waals surface area (Å²) in [4.78, 5) is 41.4. The molecule has 2 aromatic heterocycles. The molecule has 1 aliphatic heterocycles. The van der Waals surface area contributed by atoms with Gasteiger partial charge in [0, 0.05) is 41.3 Å². The number of nitrogens with one attached hydrogen (secondary N) is 1. The van der Waals surface area contributed by atoms with Gasteiger partial charge >= 0.3 is 0 Å². The molecule has 2 N–H and O–H groups in total. The van der Waals surface area contributed by atoms with Gasteiger partial charge in [0.25, 0.3) is 17.4 Å². The van der Waals surface area contributed by atoms with Gasteiger partial charge in [0.2, 0.25) is 0 Å². The molecule has 4 aromatic rings. The van der Waals surface area contributed by atoms with Crippen molar-refractivity contribution in [3.05, 3.63) is 99.6 Å². The number of carbonyl (C=O) groups is 2. The number of aliphatic hydroxyl groups excluding tert-OH is 1. The van der Waals surface area contributed by atoms with Crippen molar-refractivity contribution in [1.29, 1.82) is 0 Å². The van der Waals surface area contributed by atoms with Crippen LogP contribution in [0.2, 0.25) is 0 Å². The van der Waals surface area contributed by atoms with Crippen molar-refractivity contribution in [1.82, 2.24) is 9.88 Å². The first kappa shape index (κ1) is 22.9. The highest BCUT2D eigenvalue weighted by Crippen LogP contribution is 2.40. The van der Waals surface area contributed by atoms with Crippen LogP contribution < -0.4 is 4.74 Å². The number of methoxy groups -OCH3 is 1. The van der Waals surface area contributed by atoms with Gasteiger partial charge in [-0.2, -0.15) is 0 Å². The molecule has 182 valence electrons. The van der Waals surface area contributed by atoms with E-state index >= 15 is 0 Å². The molecule has 3 heterocycles. The monoisotopic (exact) mass is 487 g/mol. The fourth-order valence-electron chi connectivity index (χ4n) is 4.51. The second-order valence-electron chi connectivity index (χ2n) is 8.29. The molecular weight excluding hydrogens is 466 g/mol. The van der Waals surface area contributed by atoms with Crippen LogP contribution in [0.1, 0.15) is 22.9 Å². The first-order valence-electron chi connectivity index (χ1n) is 11.1. The van der Waals surface area contributed by atoms with E-state index in [9.17, 15) is 24.8 Å². The number of hydrogen-bond acceptors (Lipinski definition) is 7. The van der Waals surface area contributed by atoms with Crippen LogP contribution in [0.4, 0.5) is 5.69 Å². The normalized spacial score (nSPS) is 17.1. The summed E-state index contributed by atoms with van der Waals surface area (Å²) in [5, 5.41) is 23.2. The third kappa shape index (κ3) is 3.88. The minimum atomic E-state index is -0.987. The van der Waals surface area contributed by atoms with Crippen LogP contribution in [0.15, 0.2) is 77.0 Å². The largest absolute Gasteiger partial charge is 0.507 e. The van der Waals surface area contributed by atoms with Crippen molar-refractivity contribution in [2.45, 2.75) is 12.5 Å². The van der Waals surface area contributed by atoms with Crippen LogP contribution in [-0.2, 0) is 16.0 Å². The lowest BCUT2D eigenvalue weighted by Crippen LogP contribution is -2.31. The average Bonchev–Trinajstić information content (AvgIpc) is 3.61. The van der Waals surface area contributed by atoms with Crippen molar-refractivity contribution in [3.8, 4) is 5.75 Å². The number of H-pyrrole nitrogens is 1. The molecule has 1 saturated heterocycles. The standard InChI is InChI=1S/C26H21N3O7/c1-35-18-7-8-20-19(13-18)16(14-27-20)9-10-28-23(21-6-3-11-36-21)22(25(31)26(28)32)24(30)15-4-2-5-17(12-15)29(33)34/h2-8,11-14,23,27,30H,9-10H2,1H3/b24-22-. The topological polar surface area (TPSA) is 139 Å². The first-order chi connectivity index (χ1) is 17.4. The summed E-state index contributed by atoms with van der Waals surface area (Å²) in [5.74, 6) is -1.20. The van der Waals surface area contributed by atoms with Gasteiger partial charge in [0.1, 0.15) is 23.3 Å². The van der Waals surface area contributed by atoms with Gasteiger partial charge in [-0.1, -0.05) is 12.1 Å². The SMILES string of the molecule is COc1ccc2[nH]cc(CCN3C(=O)C(=O)/C(=C(\O)c4cccc([N+](=O)[O-])c4)C3c3ccco3)c2c1. The summed E-state index contributed by atoms with van der Waals surface area (Å²) in [7, 11) is 1.58. The van der Waals surface area contributed by atoms with Crippen LogP contribution >= 0.6 is 0 Å².